The highest BCUT2D eigenvalue weighted by atomic mass is 32.2. The highest BCUT2D eigenvalue weighted by molar-refractivity contribution is 7.86. The normalized spacial score (nSPS) is 13.0. The summed E-state index contributed by atoms with van der Waals surface area (Å²) in [4.78, 5) is 0.127. The number of rotatable bonds is 17. The standard InChI is InChI=1S/C18H30O9S/c1-16-3-5-17(6-4-16)28(20,21)27-14-13-25-10-9-23-7-8-24-11-12-26-15-18(19)22-2/h3-6,18-19H,7-15H2,1-2H3. The van der Waals surface area contributed by atoms with Crippen molar-refractivity contribution in [1.82, 2.24) is 0 Å². The van der Waals surface area contributed by atoms with Gasteiger partial charge in [0.25, 0.3) is 10.1 Å². The molecule has 0 spiro atoms. The van der Waals surface area contributed by atoms with Crippen LogP contribution < -0.4 is 0 Å². The third kappa shape index (κ3) is 11.7. The molecule has 0 saturated heterocycles. The zero-order valence-electron chi connectivity index (χ0n) is 16.4. The predicted octanol–water partition coefficient (Wildman–Crippen LogP) is 0.732. The Morgan fingerprint density at radius 3 is 1.79 bits per heavy atom. The molecule has 0 radical (unpaired) electrons. The fourth-order valence-electron chi connectivity index (χ4n) is 1.89. The molecule has 9 nitrogen and oxygen atoms in total. The van der Waals surface area contributed by atoms with Gasteiger partial charge in [0.15, 0.2) is 6.29 Å². The molecule has 1 rings (SSSR count). The Balaban J connectivity index is 1.91. The van der Waals surface area contributed by atoms with Crippen LogP contribution in [0.1, 0.15) is 5.56 Å². The maximum atomic E-state index is 11.9. The Hall–Kier alpha value is -1.11. The maximum Gasteiger partial charge on any atom is 0.297 e. The molecule has 0 aliphatic carbocycles. The van der Waals surface area contributed by atoms with Crippen molar-refractivity contribution in [3.63, 3.8) is 0 Å². The van der Waals surface area contributed by atoms with Crippen LogP contribution in [0.2, 0.25) is 0 Å². The number of aliphatic hydroxyl groups is 1. The number of benzene rings is 1. The SMILES string of the molecule is COC(O)COCCOCCOCCOCCOS(=O)(=O)c1ccc(C)cc1. The van der Waals surface area contributed by atoms with Crippen LogP contribution in [0.25, 0.3) is 0 Å². The summed E-state index contributed by atoms with van der Waals surface area (Å²) in [6, 6.07) is 6.45. The lowest BCUT2D eigenvalue weighted by molar-refractivity contribution is -0.123. The summed E-state index contributed by atoms with van der Waals surface area (Å²) in [6.45, 7) is 4.33. The van der Waals surface area contributed by atoms with Crippen molar-refractivity contribution in [2.45, 2.75) is 18.1 Å². The molecule has 0 saturated carbocycles. The minimum atomic E-state index is -3.76. The first kappa shape index (κ1) is 24.9. The molecule has 0 fully saturated rings. The highest BCUT2D eigenvalue weighted by Gasteiger charge is 2.14. The second-order valence-corrected chi connectivity index (χ2v) is 7.31. The van der Waals surface area contributed by atoms with Gasteiger partial charge in [-0.3, -0.25) is 4.18 Å². The molecule has 1 atom stereocenters. The predicted molar refractivity (Wildman–Crippen MR) is 101 cm³/mol. The molecule has 1 aromatic carbocycles. The van der Waals surface area contributed by atoms with Crippen molar-refractivity contribution in [3.05, 3.63) is 29.8 Å². The molecule has 0 aliphatic rings. The number of hydrogen-bond acceptors (Lipinski definition) is 9. The van der Waals surface area contributed by atoms with E-state index >= 15 is 0 Å². The highest BCUT2D eigenvalue weighted by Crippen LogP contribution is 2.12. The first-order valence-corrected chi connectivity index (χ1v) is 10.3. The summed E-state index contributed by atoms with van der Waals surface area (Å²) in [5, 5.41) is 9.08. The topological polar surface area (TPSA) is 110 Å². The monoisotopic (exact) mass is 422 g/mol. The van der Waals surface area contributed by atoms with E-state index in [1.165, 1.54) is 19.2 Å². The Morgan fingerprint density at radius 2 is 1.29 bits per heavy atom. The van der Waals surface area contributed by atoms with Crippen molar-refractivity contribution in [2.24, 2.45) is 0 Å². The van der Waals surface area contributed by atoms with E-state index in [9.17, 15) is 8.42 Å². The van der Waals surface area contributed by atoms with Gasteiger partial charge in [-0.2, -0.15) is 8.42 Å². The van der Waals surface area contributed by atoms with Crippen molar-refractivity contribution in [2.75, 3.05) is 66.6 Å². The largest absolute Gasteiger partial charge is 0.377 e. The average molecular weight is 422 g/mol. The zero-order valence-corrected chi connectivity index (χ0v) is 17.2. The molecular formula is C18H30O9S. The summed E-state index contributed by atoms with van der Waals surface area (Å²) in [6.07, 6.45) is -0.920. The van der Waals surface area contributed by atoms with Crippen LogP contribution in [0.3, 0.4) is 0 Å². The van der Waals surface area contributed by atoms with Crippen molar-refractivity contribution >= 4 is 10.1 Å². The Kier molecular flexibility index (Phi) is 13.2. The molecule has 0 heterocycles. The third-order valence-corrected chi connectivity index (χ3v) is 4.75. The molecule has 10 heteroatoms. The second-order valence-electron chi connectivity index (χ2n) is 5.69. The van der Waals surface area contributed by atoms with E-state index in [1.807, 2.05) is 6.92 Å². The molecule has 1 aromatic rings. The fraction of sp³-hybridized carbons (Fsp3) is 0.667. The molecule has 0 aromatic heterocycles. The van der Waals surface area contributed by atoms with Crippen molar-refractivity contribution in [1.29, 1.82) is 0 Å². The Labute approximate surface area is 166 Å². The molecule has 1 unspecified atom stereocenters. The first-order chi connectivity index (χ1) is 13.5. The van der Waals surface area contributed by atoms with Gasteiger partial charge in [-0.1, -0.05) is 17.7 Å². The lowest BCUT2D eigenvalue weighted by Crippen LogP contribution is -2.19. The molecule has 0 bridgehead atoms. The van der Waals surface area contributed by atoms with Gasteiger partial charge in [0.1, 0.15) is 0 Å². The smallest absolute Gasteiger partial charge is 0.297 e. The molecular weight excluding hydrogens is 392 g/mol. The molecule has 1 N–H and O–H groups in total. The van der Waals surface area contributed by atoms with Gasteiger partial charge in [-0.05, 0) is 19.1 Å². The van der Waals surface area contributed by atoms with Crippen molar-refractivity contribution < 1.29 is 41.4 Å². The Morgan fingerprint density at radius 1 is 0.821 bits per heavy atom. The average Bonchev–Trinajstić information content (AvgIpc) is 2.68. The lowest BCUT2D eigenvalue weighted by Gasteiger charge is -2.10. The molecule has 28 heavy (non-hydrogen) atoms. The van der Waals surface area contributed by atoms with E-state index in [0.29, 0.717) is 39.6 Å². The number of hydrogen-bond donors (Lipinski definition) is 1. The maximum absolute atomic E-state index is 11.9. The van der Waals surface area contributed by atoms with Crippen LogP contribution >= 0.6 is 0 Å². The van der Waals surface area contributed by atoms with Gasteiger partial charge in [-0.25, -0.2) is 0 Å². The summed E-state index contributed by atoms with van der Waals surface area (Å²) in [5.74, 6) is 0. The van der Waals surface area contributed by atoms with Gasteiger partial charge >= 0.3 is 0 Å². The summed E-state index contributed by atoms with van der Waals surface area (Å²) >= 11 is 0. The van der Waals surface area contributed by atoms with E-state index in [0.717, 1.165) is 5.56 Å². The van der Waals surface area contributed by atoms with Crippen LogP contribution in [0.4, 0.5) is 0 Å². The van der Waals surface area contributed by atoms with Gasteiger partial charge < -0.3 is 28.8 Å². The van der Waals surface area contributed by atoms with Crippen LogP contribution in [-0.4, -0.2) is 86.4 Å². The zero-order chi connectivity index (χ0) is 20.7. The van der Waals surface area contributed by atoms with E-state index in [4.69, 9.17) is 28.2 Å². The quantitative estimate of drug-likeness (QED) is 0.221. The summed E-state index contributed by atoms with van der Waals surface area (Å²) in [7, 11) is -2.36. The fourth-order valence-corrected chi connectivity index (χ4v) is 2.78. The number of methoxy groups -OCH3 is 1. The van der Waals surface area contributed by atoms with E-state index in [-0.39, 0.29) is 24.7 Å². The van der Waals surface area contributed by atoms with Gasteiger partial charge in [0.2, 0.25) is 0 Å². The molecule has 0 aliphatic heterocycles. The second kappa shape index (κ2) is 14.8. The van der Waals surface area contributed by atoms with E-state index < -0.39 is 16.4 Å². The first-order valence-electron chi connectivity index (χ1n) is 8.93. The number of ether oxygens (including phenoxy) is 5. The molecule has 0 amide bonds. The lowest BCUT2D eigenvalue weighted by atomic mass is 10.2. The van der Waals surface area contributed by atoms with E-state index in [1.54, 1.807) is 12.1 Å². The van der Waals surface area contributed by atoms with Crippen LogP contribution in [-0.2, 0) is 38.0 Å². The van der Waals surface area contributed by atoms with Crippen LogP contribution in [0.15, 0.2) is 29.2 Å². The number of aryl methyl sites for hydroxylation is 1. The summed E-state index contributed by atoms with van der Waals surface area (Å²) in [5.41, 5.74) is 0.975. The van der Waals surface area contributed by atoms with Crippen LogP contribution in [0.5, 0.6) is 0 Å². The van der Waals surface area contributed by atoms with Crippen LogP contribution in [0, 0.1) is 6.92 Å². The minimum absolute atomic E-state index is 0.0584. The van der Waals surface area contributed by atoms with Gasteiger partial charge in [0.05, 0.1) is 64.4 Å². The summed E-state index contributed by atoms with van der Waals surface area (Å²) < 4.78 is 54.4. The van der Waals surface area contributed by atoms with Gasteiger partial charge in [0, 0.05) is 7.11 Å². The molecule has 162 valence electrons. The third-order valence-electron chi connectivity index (χ3n) is 3.42. The number of aliphatic hydroxyl groups excluding tert-OH is 1. The van der Waals surface area contributed by atoms with Gasteiger partial charge in [-0.15, -0.1) is 0 Å². The Bertz CT molecular complexity index is 604. The van der Waals surface area contributed by atoms with Crippen molar-refractivity contribution in [3.8, 4) is 0 Å². The van der Waals surface area contributed by atoms with E-state index in [2.05, 4.69) is 4.74 Å². The minimum Gasteiger partial charge on any atom is -0.377 e.